The van der Waals surface area contributed by atoms with Gasteiger partial charge in [-0.15, -0.1) is 0 Å². The van der Waals surface area contributed by atoms with Gasteiger partial charge < -0.3 is 10.6 Å². The normalized spacial score (nSPS) is 14.8. The van der Waals surface area contributed by atoms with Crippen LogP contribution in [0.2, 0.25) is 0 Å². The van der Waals surface area contributed by atoms with Crippen LogP contribution in [0, 0.1) is 5.92 Å². The zero-order valence-electron chi connectivity index (χ0n) is 10.1. The minimum Gasteiger partial charge on any atom is -0.355 e. The Labute approximate surface area is 102 Å². The molecule has 0 aromatic carbocycles. The number of nitrogens with one attached hydrogen (secondary N) is 2. The third-order valence-corrected chi connectivity index (χ3v) is 2.87. The molecule has 1 saturated carbocycles. The molecule has 0 bridgehead atoms. The van der Waals surface area contributed by atoms with Crippen molar-refractivity contribution in [1.29, 1.82) is 0 Å². The first-order valence-electron chi connectivity index (χ1n) is 6.29. The summed E-state index contributed by atoms with van der Waals surface area (Å²) in [6.45, 7) is 3.01. The Morgan fingerprint density at radius 3 is 3.06 bits per heavy atom. The minimum absolute atomic E-state index is 0.107. The van der Waals surface area contributed by atoms with Gasteiger partial charge in [0.1, 0.15) is 0 Å². The Morgan fingerprint density at radius 1 is 1.47 bits per heavy atom. The van der Waals surface area contributed by atoms with E-state index in [1.54, 1.807) is 6.20 Å². The smallest absolute Gasteiger partial charge is 0.233 e. The molecule has 17 heavy (non-hydrogen) atoms. The van der Waals surface area contributed by atoms with Gasteiger partial charge in [-0.05, 0) is 37.8 Å². The predicted octanol–water partition coefficient (Wildman–Crippen LogP) is 0.389. The maximum absolute atomic E-state index is 11.4. The van der Waals surface area contributed by atoms with E-state index < -0.39 is 0 Å². The van der Waals surface area contributed by atoms with Crippen LogP contribution < -0.4 is 10.6 Å². The van der Waals surface area contributed by atoms with Crippen LogP contribution in [0.15, 0.2) is 18.5 Å². The van der Waals surface area contributed by atoms with Crippen LogP contribution in [0.4, 0.5) is 0 Å². The summed E-state index contributed by atoms with van der Waals surface area (Å²) in [7, 11) is 0. The van der Waals surface area contributed by atoms with Gasteiger partial charge in [0.05, 0.1) is 6.54 Å². The van der Waals surface area contributed by atoms with Crippen molar-refractivity contribution >= 4 is 5.91 Å². The lowest BCUT2D eigenvalue weighted by Gasteiger charge is -2.06. The molecule has 0 spiro atoms. The first-order chi connectivity index (χ1) is 8.34. The topological polar surface area (TPSA) is 59.0 Å². The van der Waals surface area contributed by atoms with E-state index in [1.807, 2.05) is 16.9 Å². The van der Waals surface area contributed by atoms with Crippen molar-refractivity contribution in [1.82, 2.24) is 20.4 Å². The molecule has 1 fully saturated rings. The van der Waals surface area contributed by atoms with Gasteiger partial charge in [0.25, 0.3) is 0 Å². The SMILES string of the molecule is O=C(CNCCCn1cccn1)NCC1CC1. The number of nitrogens with zero attached hydrogens (tertiary/aromatic N) is 2. The maximum Gasteiger partial charge on any atom is 0.233 e. The van der Waals surface area contributed by atoms with Gasteiger partial charge in [-0.3, -0.25) is 9.48 Å². The summed E-state index contributed by atoms with van der Waals surface area (Å²) < 4.78 is 1.90. The maximum atomic E-state index is 11.4. The van der Waals surface area contributed by atoms with Gasteiger partial charge in [0.15, 0.2) is 0 Å². The monoisotopic (exact) mass is 236 g/mol. The molecule has 1 aliphatic carbocycles. The highest BCUT2D eigenvalue weighted by Crippen LogP contribution is 2.27. The Balaban J connectivity index is 1.43. The highest BCUT2D eigenvalue weighted by atomic mass is 16.1. The molecule has 1 heterocycles. The summed E-state index contributed by atoms with van der Waals surface area (Å²) in [4.78, 5) is 11.4. The second-order valence-electron chi connectivity index (χ2n) is 4.55. The molecule has 0 saturated heterocycles. The summed E-state index contributed by atoms with van der Waals surface area (Å²) >= 11 is 0. The van der Waals surface area contributed by atoms with Crippen LogP contribution in [0.5, 0.6) is 0 Å². The molecule has 1 aliphatic rings. The average Bonchev–Trinajstić information content (AvgIpc) is 3.02. The van der Waals surface area contributed by atoms with Gasteiger partial charge in [-0.1, -0.05) is 0 Å². The second kappa shape index (κ2) is 6.39. The molecule has 0 aliphatic heterocycles. The van der Waals surface area contributed by atoms with Crippen molar-refractivity contribution in [2.45, 2.75) is 25.8 Å². The highest BCUT2D eigenvalue weighted by Gasteiger charge is 2.21. The zero-order chi connectivity index (χ0) is 11.9. The molecule has 0 radical (unpaired) electrons. The molecular weight excluding hydrogens is 216 g/mol. The van der Waals surface area contributed by atoms with Crippen molar-refractivity contribution in [3.8, 4) is 0 Å². The number of amides is 1. The quantitative estimate of drug-likeness (QED) is 0.642. The van der Waals surface area contributed by atoms with Gasteiger partial charge in [0, 0.05) is 25.5 Å². The van der Waals surface area contributed by atoms with Crippen molar-refractivity contribution in [3.63, 3.8) is 0 Å². The van der Waals surface area contributed by atoms with Crippen LogP contribution >= 0.6 is 0 Å². The summed E-state index contributed by atoms with van der Waals surface area (Å²) in [5, 5.41) is 10.2. The van der Waals surface area contributed by atoms with Crippen molar-refractivity contribution in [3.05, 3.63) is 18.5 Å². The summed E-state index contributed by atoms with van der Waals surface area (Å²) in [5.74, 6) is 0.856. The molecular formula is C12H20N4O. The Hall–Kier alpha value is -1.36. The molecule has 94 valence electrons. The highest BCUT2D eigenvalue weighted by molar-refractivity contribution is 5.77. The van der Waals surface area contributed by atoms with E-state index in [0.29, 0.717) is 6.54 Å². The third kappa shape index (κ3) is 4.99. The summed E-state index contributed by atoms with van der Waals surface area (Å²) in [6, 6.07) is 1.92. The lowest BCUT2D eigenvalue weighted by Crippen LogP contribution is -2.35. The fourth-order valence-corrected chi connectivity index (χ4v) is 1.64. The largest absolute Gasteiger partial charge is 0.355 e. The van der Waals surface area contributed by atoms with Crippen molar-refractivity contribution < 1.29 is 4.79 Å². The fourth-order valence-electron chi connectivity index (χ4n) is 1.64. The van der Waals surface area contributed by atoms with E-state index in [1.165, 1.54) is 12.8 Å². The standard InChI is InChI=1S/C12H20N4O/c17-12(14-9-11-3-4-11)10-13-5-1-7-16-8-2-6-15-16/h2,6,8,11,13H,1,3-5,7,9-10H2,(H,14,17). The van der Waals surface area contributed by atoms with Crippen molar-refractivity contribution in [2.24, 2.45) is 5.92 Å². The first kappa shape index (κ1) is 12.1. The number of rotatable bonds is 8. The number of hydrogen-bond donors (Lipinski definition) is 2. The van der Waals surface area contributed by atoms with Gasteiger partial charge in [0.2, 0.25) is 5.91 Å². The van der Waals surface area contributed by atoms with E-state index in [-0.39, 0.29) is 5.91 Å². The molecule has 1 amide bonds. The molecule has 2 N–H and O–H groups in total. The number of aryl methyl sites for hydroxylation is 1. The predicted molar refractivity (Wildman–Crippen MR) is 65.4 cm³/mol. The minimum atomic E-state index is 0.107. The van der Waals surface area contributed by atoms with Crippen LogP contribution in [-0.2, 0) is 11.3 Å². The van der Waals surface area contributed by atoms with Crippen molar-refractivity contribution in [2.75, 3.05) is 19.6 Å². The van der Waals surface area contributed by atoms with E-state index in [2.05, 4.69) is 15.7 Å². The molecule has 2 rings (SSSR count). The van der Waals surface area contributed by atoms with Crippen LogP contribution in [0.3, 0.4) is 0 Å². The van der Waals surface area contributed by atoms with Gasteiger partial charge in [-0.2, -0.15) is 5.10 Å². The Bertz CT molecular complexity index is 332. The number of aromatic nitrogens is 2. The molecule has 0 atom stereocenters. The van der Waals surface area contributed by atoms with E-state index >= 15 is 0 Å². The van der Waals surface area contributed by atoms with Crippen LogP contribution in [-0.4, -0.2) is 35.3 Å². The van der Waals surface area contributed by atoms with E-state index in [9.17, 15) is 4.79 Å². The summed E-state index contributed by atoms with van der Waals surface area (Å²) in [6.07, 6.45) is 7.26. The molecule has 5 heteroatoms. The molecule has 1 aromatic rings. The first-order valence-corrected chi connectivity index (χ1v) is 6.29. The van der Waals surface area contributed by atoms with Crippen LogP contribution in [0.1, 0.15) is 19.3 Å². The summed E-state index contributed by atoms with van der Waals surface area (Å²) in [5.41, 5.74) is 0. The lowest BCUT2D eigenvalue weighted by atomic mass is 10.4. The van der Waals surface area contributed by atoms with E-state index in [0.717, 1.165) is 32.0 Å². The number of carbonyl (C=O) groups is 1. The Kier molecular flexibility index (Phi) is 4.55. The second-order valence-corrected chi connectivity index (χ2v) is 4.55. The lowest BCUT2D eigenvalue weighted by molar-refractivity contribution is -0.120. The zero-order valence-corrected chi connectivity index (χ0v) is 10.1. The fraction of sp³-hybridized carbons (Fsp3) is 0.667. The molecule has 5 nitrogen and oxygen atoms in total. The van der Waals surface area contributed by atoms with E-state index in [4.69, 9.17) is 0 Å². The van der Waals surface area contributed by atoms with Crippen LogP contribution in [0.25, 0.3) is 0 Å². The van der Waals surface area contributed by atoms with Gasteiger partial charge in [-0.25, -0.2) is 0 Å². The number of carbonyl (C=O) groups excluding carboxylic acids is 1. The third-order valence-electron chi connectivity index (χ3n) is 2.87. The molecule has 1 aromatic heterocycles. The van der Waals surface area contributed by atoms with Gasteiger partial charge >= 0.3 is 0 Å². The molecule has 0 unspecified atom stereocenters. The Morgan fingerprint density at radius 2 is 2.35 bits per heavy atom. The average molecular weight is 236 g/mol. The number of hydrogen-bond acceptors (Lipinski definition) is 3.